The van der Waals surface area contributed by atoms with Gasteiger partial charge >= 0.3 is 5.97 Å². The number of carbonyl (C=O) groups excluding carboxylic acids is 3. The third-order valence-electron chi connectivity index (χ3n) is 4.64. The fraction of sp³-hybridized carbons (Fsp3) is 0.778. The lowest BCUT2D eigenvalue weighted by molar-refractivity contribution is -0.142. The number of hydrogen-bond donors (Lipinski definition) is 7. The van der Waals surface area contributed by atoms with Crippen LogP contribution < -0.4 is 27.4 Å². The largest absolute Gasteiger partial charge is 0.480 e. The lowest BCUT2D eigenvalue weighted by Gasteiger charge is -2.27. The molecule has 29 heavy (non-hydrogen) atoms. The Morgan fingerprint density at radius 3 is 2.07 bits per heavy atom. The monoisotopic (exact) mass is 417 g/mol. The molecule has 0 bridgehead atoms. The van der Waals surface area contributed by atoms with E-state index >= 15 is 0 Å². The van der Waals surface area contributed by atoms with Gasteiger partial charge in [0.15, 0.2) is 0 Å². The van der Waals surface area contributed by atoms with Crippen molar-refractivity contribution in [1.29, 1.82) is 0 Å². The van der Waals surface area contributed by atoms with Crippen LogP contribution in [0.1, 0.15) is 46.5 Å². The maximum Gasteiger partial charge on any atom is 0.325 e. The van der Waals surface area contributed by atoms with Crippen molar-refractivity contribution in [3.8, 4) is 0 Å². The molecule has 0 rings (SSSR count). The van der Waals surface area contributed by atoms with Gasteiger partial charge in [-0.3, -0.25) is 19.2 Å². The maximum absolute atomic E-state index is 12.8. The van der Waals surface area contributed by atoms with Crippen LogP contribution in [-0.2, 0) is 19.2 Å². The van der Waals surface area contributed by atoms with Gasteiger partial charge in [0.1, 0.15) is 24.2 Å². The van der Waals surface area contributed by atoms with E-state index in [0.29, 0.717) is 25.8 Å². The number of amides is 3. The summed E-state index contributed by atoms with van der Waals surface area (Å²) in [5.74, 6) is -3.37. The highest BCUT2D eigenvalue weighted by molar-refractivity contribution is 5.94. The van der Waals surface area contributed by atoms with Crippen LogP contribution in [0, 0.1) is 5.92 Å². The number of carboxylic acid groups (broad SMARTS) is 1. The van der Waals surface area contributed by atoms with Crippen LogP contribution >= 0.6 is 0 Å². The number of rotatable bonds is 14. The summed E-state index contributed by atoms with van der Waals surface area (Å²) in [7, 11) is 0. The van der Waals surface area contributed by atoms with E-state index in [-0.39, 0.29) is 12.3 Å². The van der Waals surface area contributed by atoms with Crippen LogP contribution in [0.15, 0.2) is 0 Å². The molecule has 3 amide bonds. The number of carbonyl (C=O) groups is 4. The van der Waals surface area contributed by atoms with Crippen molar-refractivity contribution >= 4 is 23.7 Å². The molecule has 0 saturated heterocycles. The SMILES string of the molecule is CCC(C)C(NC(=O)C(N)CO)C(=O)NC(CCCCN)C(=O)NC(C)C(=O)O. The first kappa shape index (κ1) is 26.8. The molecular weight excluding hydrogens is 382 g/mol. The van der Waals surface area contributed by atoms with Crippen LogP contribution in [0.2, 0.25) is 0 Å². The first-order valence-corrected chi connectivity index (χ1v) is 9.79. The van der Waals surface area contributed by atoms with Crippen molar-refractivity contribution in [2.24, 2.45) is 17.4 Å². The zero-order valence-corrected chi connectivity index (χ0v) is 17.3. The van der Waals surface area contributed by atoms with E-state index in [4.69, 9.17) is 21.7 Å². The van der Waals surface area contributed by atoms with Crippen LogP contribution in [0.25, 0.3) is 0 Å². The smallest absolute Gasteiger partial charge is 0.325 e. The minimum atomic E-state index is -1.20. The molecule has 168 valence electrons. The van der Waals surface area contributed by atoms with Crippen molar-refractivity contribution in [1.82, 2.24) is 16.0 Å². The topological polar surface area (TPSA) is 197 Å². The number of aliphatic carboxylic acids is 1. The van der Waals surface area contributed by atoms with Crippen molar-refractivity contribution in [3.63, 3.8) is 0 Å². The highest BCUT2D eigenvalue weighted by Gasteiger charge is 2.31. The fourth-order valence-electron chi connectivity index (χ4n) is 2.44. The van der Waals surface area contributed by atoms with Crippen molar-refractivity contribution in [3.05, 3.63) is 0 Å². The van der Waals surface area contributed by atoms with Crippen LogP contribution in [0.5, 0.6) is 0 Å². The van der Waals surface area contributed by atoms with E-state index in [9.17, 15) is 19.2 Å². The Morgan fingerprint density at radius 1 is 0.966 bits per heavy atom. The lowest BCUT2D eigenvalue weighted by atomic mass is 9.97. The molecule has 0 radical (unpaired) electrons. The molecule has 5 atom stereocenters. The number of aliphatic hydroxyl groups is 1. The average molecular weight is 418 g/mol. The molecule has 0 aliphatic carbocycles. The number of unbranched alkanes of at least 4 members (excludes halogenated alkanes) is 1. The van der Waals surface area contributed by atoms with Gasteiger partial charge in [-0.15, -0.1) is 0 Å². The molecule has 0 saturated carbocycles. The number of nitrogens with one attached hydrogen (secondary N) is 3. The lowest BCUT2D eigenvalue weighted by Crippen LogP contribution is -2.58. The Morgan fingerprint density at radius 2 is 1.59 bits per heavy atom. The zero-order chi connectivity index (χ0) is 22.6. The number of hydrogen-bond acceptors (Lipinski definition) is 7. The van der Waals surface area contributed by atoms with Gasteiger partial charge in [0.05, 0.1) is 6.61 Å². The third kappa shape index (κ3) is 9.68. The van der Waals surface area contributed by atoms with Gasteiger partial charge in [0, 0.05) is 0 Å². The van der Waals surface area contributed by atoms with E-state index in [1.54, 1.807) is 6.92 Å². The Balaban J connectivity index is 5.33. The Hall–Kier alpha value is -2.24. The van der Waals surface area contributed by atoms with Gasteiger partial charge in [0.2, 0.25) is 17.7 Å². The molecular formula is C18H35N5O6. The molecule has 11 heteroatoms. The molecule has 0 aliphatic rings. The molecule has 0 fully saturated rings. The predicted octanol–water partition coefficient (Wildman–Crippen LogP) is -1.96. The fourth-order valence-corrected chi connectivity index (χ4v) is 2.44. The summed E-state index contributed by atoms with van der Waals surface area (Å²) in [5.41, 5.74) is 11.0. The summed E-state index contributed by atoms with van der Waals surface area (Å²) < 4.78 is 0. The van der Waals surface area contributed by atoms with Crippen LogP contribution in [0.4, 0.5) is 0 Å². The number of nitrogens with two attached hydrogens (primary N) is 2. The van der Waals surface area contributed by atoms with Crippen molar-refractivity contribution in [2.75, 3.05) is 13.2 Å². The molecule has 5 unspecified atom stereocenters. The van der Waals surface area contributed by atoms with Gasteiger partial charge in [-0.05, 0) is 38.6 Å². The molecule has 0 spiro atoms. The molecule has 0 aromatic heterocycles. The second kappa shape index (κ2) is 13.9. The van der Waals surface area contributed by atoms with Crippen molar-refractivity contribution in [2.45, 2.75) is 70.6 Å². The third-order valence-corrected chi connectivity index (χ3v) is 4.64. The van der Waals surface area contributed by atoms with Gasteiger partial charge in [0.25, 0.3) is 0 Å². The first-order chi connectivity index (χ1) is 13.6. The average Bonchev–Trinajstić information content (AvgIpc) is 2.69. The first-order valence-electron chi connectivity index (χ1n) is 9.79. The summed E-state index contributed by atoms with van der Waals surface area (Å²) >= 11 is 0. The standard InChI is InChI=1S/C18H35N5O6/c1-4-10(2)14(23-15(25)12(20)9-24)17(27)22-13(7-5-6-8-19)16(26)21-11(3)18(28)29/h10-14,24H,4-9,19-20H2,1-3H3,(H,21,26)(H,22,27)(H,23,25)(H,28,29). The highest BCUT2D eigenvalue weighted by atomic mass is 16.4. The molecule has 0 heterocycles. The van der Waals surface area contributed by atoms with Gasteiger partial charge < -0.3 is 37.6 Å². The summed E-state index contributed by atoms with van der Waals surface area (Å²) in [4.78, 5) is 48.3. The minimum absolute atomic E-state index is 0.262. The second-order valence-corrected chi connectivity index (χ2v) is 7.08. The van der Waals surface area contributed by atoms with Crippen molar-refractivity contribution < 1.29 is 29.4 Å². The maximum atomic E-state index is 12.8. The van der Waals surface area contributed by atoms with E-state index in [1.807, 2.05) is 6.92 Å². The summed E-state index contributed by atoms with van der Waals surface area (Å²) in [5, 5.41) is 25.4. The molecule has 0 aromatic rings. The number of aliphatic hydroxyl groups excluding tert-OH is 1. The second-order valence-electron chi connectivity index (χ2n) is 7.08. The van der Waals surface area contributed by atoms with Gasteiger partial charge in [-0.2, -0.15) is 0 Å². The molecule has 0 aliphatic heterocycles. The predicted molar refractivity (Wildman–Crippen MR) is 107 cm³/mol. The van der Waals surface area contributed by atoms with E-state index in [1.165, 1.54) is 6.92 Å². The Bertz CT molecular complexity index is 559. The molecule has 11 nitrogen and oxygen atoms in total. The summed E-state index contributed by atoms with van der Waals surface area (Å²) in [6.45, 7) is 4.75. The van der Waals surface area contributed by atoms with Gasteiger partial charge in [-0.1, -0.05) is 20.3 Å². The zero-order valence-electron chi connectivity index (χ0n) is 17.3. The Kier molecular flexibility index (Phi) is 12.8. The van der Waals surface area contributed by atoms with E-state index in [2.05, 4.69) is 16.0 Å². The van der Waals surface area contributed by atoms with Gasteiger partial charge in [-0.25, -0.2) is 0 Å². The molecule has 0 aromatic carbocycles. The minimum Gasteiger partial charge on any atom is -0.480 e. The van der Waals surface area contributed by atoms with Crippen LogP contribution in [0.3, 0.4) is 0 Å². The quantitative estimate of drug-likeness (QED) is 0.158. The van der Waals surface area contributed by atoms with E-state index in [0.717, 1.165) is 0 Å². The summed E-state index contributed by atoms with van der Waals surface area (Å²) in [6, 6.07) is -4.24. The molecule has 9 N–H and O–H groups in total. The van der Waals surface area contributed by atoms with Crippen LogP contribution in [-0.4, -0.2) is 71.2 Å². The number of carboxylic acids is 1. The van der Waals surface area contributed by atoms with E-state index < -0.39 is 54.5 Å². The highest BCUT2D eigenvalue weighted by Crippen LogP contribution is 2.10. The Labute approximate surface area is 171 Å². The normalized spacial score (nSPS) is 16.1. The summed E-state index contributed by atoms with van der Waals surface area (Å²) in [6.07, 6.45) is 2.00.